The SMILES string of the molecule is CCN(CCC(=O)OC)c1cccc(SC)c1C#N. The molecule has 1 rings (SSSR count). The van der Waals surface area contributed by atoms with Crippen LogP contribution in [-0.2, 0) is 9.53 Å². The first kappa shape index (κ1) is 15.4. The summed E-state index contributed by atoms with van der Waals surface area (Å²) >= 11 is 1.55. The zero-order valence-corrected chi connectivity index (χ0v) is 12.3. The predicted octanol–water partition coefficient (Wildman–Crippen LogP) is 2.67. The molecule has 0 N–H and O–H groups in total. The van der Waals surface area contributed by atoms with E-state index in [1.807, 2.05) is 36.3 Å². The van der Waals surface area contributed by atoms with E-state index in [0.29, 0.717) is 18.5 Å². The number of thioether (sulfide) groups is 1. The normalized spacial score (nSPS) is 9.79. The van der Waals surface area contributed by atoms with Gasteiger partial charge in [0.1, 0.15) is 6.07 Å². The van der Waals surface area contributed by atoms with Gasteiger partial charge in [-0.1, -0.05) is 6.07 Å². The molecular weight excluding hydrogens is 260 g/mol. The van der Waals surface area contributed by atoms with Crippen molar-refractivity contribution in [2.75, 3.05) is 31.4 Å². The topological polar surface area (TPSA) is 53.3 Å². The van der Waals surface area contributed by atoms with Crippen molar-refractivity contribution in [3.63, 3.8) is 0 Å². The van der Waals surface area contributed by atoms with E-state index in [1.165, 1.54) is 7.11 Å². The van der Waals surface area contributed by atoms with Crippen LogP contribution in [0.4, 0.5) is 5.69 Å². The van der Waals surface area contributed by atoms with Crippen molar-refractivity contribution < 1.29 is 9.53 Å². The van der Waals surface area contributed by atoms with E-state index < -0.39 is 0 Å². The molecule has 0 aliphatic heterocycles. The van der Waals surface area contributed by atoms with Crippen LogP contribution in [0, 0.1) is 11.3 Å². The molecule has 0 amide bonds. The molecule has 0 aliphatic rings. The second-order valence-electron chi connectivity index (χ2n) is 3.87. The zero-order chi connectivity index (χ0) is 14.3. The smallest absolute Gasteiger partial charge is 0.307 e. The van der Waals surface area contributed by atoms with Crippen molar-refractivity contribution in [3.05, 3.63) is 23.8 Å². The van der Waals surface area contributed by atoms with Gasteiger partial charge in [-0.15, -0.1) is 11.8 Å². The Morgan fingerprint density at radius 1 is 1.53 bits per heavy atom. The van der Waals surface area contributed by atoms with Crippen molar-refractivity contribution in [1.82, 2.24) is 0 Å². The Balaban J connectivity index is 2.98. The molecule has 0 radical (unpaired) electrons. The lowest BCUT2D eigenvalue weighted by Crippen LogP contribution is -2.27. The van der Waals surface area contributed by atoms with Crippen LogP contribution in [0.15, 0.2) is 23.1 Å². The Morgan fingerprint density at radius 3 is 2.79 bits per heavy atom. The van der Waals surface area contributed by atoms with Crippen LogP contribution in [0.2, 0.25) is 0 Å². The third kappa shape index (κ3) is 3.90. The van der Waals surface area contributed by atoms with Gasteiger partial charge >= 0.3 is 5.97 Å². The van der Waals surface area contributed by atoms with Crippen LogP contribution >= 0.6 is 11.8 Å². The number of carbonyl (C=O) groups is 1. The van der Waals surface area contributed by atoms with E-state index in [4.69, 9.17) is 0 Å². The maximum Gasteiger partial charge on any atom is 0.307 e. The average Bonchev–Trinajstić information content (AvgIpc) is 2.46. The van der Waals surface area contributed by atoms with Gasteiger partial charge in [-0.25, -0.2) is 0 Å². The van der Waals surface area contributed by atoms with Crippen LogP contribution in [0.5, 0.6) is 0 Å². The molecule has 0 saturated carbocycles. The molecule has 0 saturated heterocycles. The summed E-state index contributed by atoms with van der Waals surface area (Å²) in [5.74, 6) is -0.238. The summed E-state index contributed by atoms with van der Waals surface area (Å²) in [7, 11) is 1.38. The number of rotatable bonds is 6. The Kier molecular flexibility index (Phi) is 6.23. The van der Waals surface area contributed by atoms with Gasteiger partial charge in [-0.2, -0.15) is 5.26 Å². The lowest BCUT2D eigenvalue weighted by atomic mass is 10.1. The van der Waals surface area contributed by atoms with Crippen molar-refractivity contribution in [2.45, 2.75) is 18.2 Å². The van der Waals surface area contributed by atoms with Crippen molar-refractivity contribution in [3.8, 4) is 6.07 Å². The molecule has 0 aromatic heterocycles. The van der Waals surface area contributed by atoms with E-state index in [1.54, 1.807) is 11.8 Å². The summed E-state index contributed by atoms with van der Waals surface area (Å²) in [6.07, 6.45) is 2.27. The highest BCUT2D eigenvalue weighted by Crippen LogP contribution is 2.29. The highest BCUT2D eigenvalue weighted by molar-refractivity contribution is 7.98. The maximum atomic E-state index is 11.2. The highest BCUT2D eigenvalue weighted by Gasteiger charge is 2.14. The molecule has 19 heavy (non-hydrogen) atoms. The number of methoxy groups -OCH3 is 1. The monoisotopic (exact) mass is 278 g/mol. The van der Waals surface area contributed by atoms with Crippen LogP contribution in [0.25, 0.3) is 0 Å². The number of anilines is 1. The fraction of sp³-hybridized carbons (Fsp3) is 0.429. The van der Waals surface area contributed by atoms with Crippen molar-refractivity contribution >= 4 is 23.4 Å². The molecule has 4 nitrogen and oxygen atoms in total. The number of carbonyl (C=O) groups excluding carboxylic acids is 1. The van der Waals surface area contributed by atoms with Crippen LogP contribution in [0.3, 0.4) is 0 Å². The first-order valence-electron chi connectivity index (χ1n) is 6.06. The Morgan fingerprint density at radius 2 is 2.26 bits per heavy atom. The number of nitrogens with zero attached hydrogens (tertiary/aromatic N) is 2. The Bertz CT molecular complexity index is 483. The van der Waals surface area contributed by atoms with Crippen molar-refractivity contribution in [2.24, 2.45) is 0 Å². The first-order valence-corrected chi connectivity index (χ1v) is 7.29. The molecule has 1 aromatic rings. The maximum absolute atomic E-state index is 11.2. The molecule has 0 atom stereocenters. The average molecular weight is 278 g/mol. The second kappa shape index (κ2) is 7.70. The van der Waals surface area contributed by atoms with Crippen LogP contribution in [0.1, 0.15) is 18.9 Å². The van der Waals surface area contributed by atoms with Gasteiger partial charge in [0, 0.05) is 18.0 Å². The van der Waals surface area contributed by atoms with Crippen LogP contribution < -0.4 is 4.90 Å². The van der Waals surface area contributed by atoms with Gasteiger partial charge in [0.15, 0.2) is 0 Å². The van der Waals surface area contributed by atoms with Crippen LogP contribution in [-0.4, -0.2) is 32.4 Å². The molecule has 0 spiro atoms. The highest BCUT2D eigenvalue weighted by atomic mass is 32.2. The standard InChI is InChI=1S/C14H18N2O2S/c1-4-16(9-8-14(17)18-2)12-6-5-7-13(19-3)11(12)10-15/h5-7H,4,8-9H2,1-3H3. The fourth-order valence-corrected chi connectivity index (χ4v) is 2.41. The molecule has 0 unspecified atom stereocenters. The Hall–Kier alpha value is -1.67. The molecule has 5 heteroatoms. The van der Waals surface area contributed by atoms with Gasteiger partial charge in [-0.05, 0) is 25.3 Å². The van der Waals surface area contributed by atoms with E-state index in [-0.39, 0.29) is 5.97 Å². The summed E-state index contributed by atoms with van der Waals surface area (Å²) in [6.45, 7) is 3.30. The minimum Gasteiger partial charge on any atom is -0.469 e. The minimum absolute atomic E-state index is 0.238. The van der Waals surface area contributed by atoms with Gasteiger partial charge in [0.25, 0.3) is 0 Å². The minimum atomic E-state index is -0.238. The number of esters is 1. The van der Waals surface area contributed by atoms with Gasteiger partial charge in [0.2, 0.25) is 0 Å². The van der Waals surface area contributed by atoms with E-state index in [9.17, 15) is 10.1 Å². The Labute approximate surface area is 118 Å². The summed E-state index contributed by atoms with van der Waals surface area (Å²) in [5, 5.41) is 9.32. The van der Waals surface area contributed by atoms with E-state index in [2.05, 4.69) is 10.8 Å². The van der Waals surface area contributed by atoms with Gasteiger partial charge < -0.3 is 9.64 Å². The number of ether oxygens (including phenoxy) is 1. The van der Waals surface area contributed by atoms with Gasteiger partial charge in [-0.3, -0.25) is 4.79 Å². The van der Waals surface area contributed by atoms with E-state index >= 15 is 0 Å². The molecule has 1 aromatic carbocycles. The lowest BCUT2D eigenvalue weighted by molar-refractivity contribution is -0.140. The van der Waals surface area contributed by atoms with E-state index in [0.717, 1.165) is 17.1 Å². The molecule has 0 bridgehead atoms. The third-order valence-electron chi connectivity index (χ3n) is 2.87. The zero-order valence-electron chi connectivity index (χ0n) is 11.5. The summed E-state index contributed by atoms with van der Waals surface area (Å²) < 4.78 is 4.65. The lowest BCUT2D eigenvalue weighted by Gasteiger charge is -2.24. The molecule has 0 aliphatic carbocycles. The number of hydrogen-bond donors (Lipinski definition) is 0. The molecule has 0 heterocycles. The second-order valence-corrected chi connectivity index (χ2v) is 4.72. The van der Waals surface area contributed by atoms with Crippen molar-refractivity contribution in [1.29, 1.82) is 5.26 Å². The first-order chi connectivity index (χ1) is 9.17. The number of nitriles is 1. The molecule has 102 valence electrons. The summed E-state index contributed by atoms with van der Waals surface area (Å²) in [5.41, 5.74) is 1.54. The third-order valence-corrected chi connectivity index (χ3v) is 3.65. The number of hydrogen-bond acceptors (Lipinski definition) is 5. The molecular formula is C14H18N2O2S. The largest absolute Gasteiger partial charge is 0.469 e. The predicted molar refractivity (Wildman–Crippen MR) is 77.5 cm³/mol. The summed E-state index contributed by atoms with van der Waals surface area (Å²) in [4.78, 5) is 14.2. The molecule has 0 fully saturated rings. The fourth-order valence-electron chi connectivity index (χ4n) is 1.84. The summed E-state index contributed by atoms with van der Waals surface area (Å²) in [6, 6.07) is 8.03. The van der Waals surface area contributed by atoms with Gasteiger partial charge in [0.05, 0.1) is 24.8 Å². The number of benzene rings is 1. The quantitative estimate of drug-likeness (QED) is 0.591.